The van der Waals surface area contributed by atoms with E-state index in [2.05, 4.69) is 10.6 Å². The summed E-state index contributed by atoms with van der Waals surface area (Å²) >= 11 is 0. The van der Waals surface area contributed by atoms with E-state index < -0.39 is 77.3 Å². The Kier molecular flexibility index (Phi) is 7.70. The normalized spacial score (nSPS) is 19.7. The lowest BCUT2D eigenvalue weighted by molar-refractivity contribution is -0.154. The van der Waals surface area contributed by atoms with Crippen LogP contribution in [0.5, 0.6) is 11.5 Å². The molecule has 2 heterocycles. The molecule has 2 atom stereocenters. The molecule has 226 valence electrons. The maximum absolute atomic E-state index is 14.9. The number of para-hydroxylation sites is 1. The number of nitrogens with one attached hydrogen (secondary N) is 2. The number of amides is 5. The molecule has 0 aromatic heterocycles. The second-order valence-electron chi connectivity index (χ2n) is 10.7. The molecule has 3 aliphatic rings. The monoisotopic (exact) mass is 601 g/mol. The highest BCUT2D eigenvalue weighted by Crippen LogP contribution is 2.34. The van der Waals surface area contributed by atoms with Crippen LogP contribution in [0, 0.1) is 11.6 Å². The van der Waals surface area contributed by atoms with Crippen molar-refractivity contribution < 1.29 is 52.6 Å². The molecule has 1 aliphatic carbocycles. The zero-order valence-electron chi connectivity index (χ0n) is 22.4. The summed E-state index contributed by atoms with van der Waals surface area (Å²) in [5.74, 6) is -10.5. The van der Waals surface area contributed by atoms with Crippen molar-refractivity contribution in [1.29, 1.82) is 0 Å². The highest BCUT2D eigenvalue weighted by atomic mass is 19.2. The standard InChI is InChI=1S/C26H26BF2N5O9/c28-17-13(4-5-15(35)18(17)29)19(32-25(41)34-9-8-33(22(37)23(34)38)11-26(30)6-7-26)21(36)31-16-10-12-2-1-3-14(24(39)40)20(12)43-27(16)42/h1-5,16,19,35,42H,6-11,30H2,(H,31,36)(H,32,41)(H,39,40)/t16-,19+/m0/s1. The molecule has 0 spiro atoms. The van der Waals surface area contributed by atoms with Crippen LogP contribution in [-0.4, -0.2) is 93.0 Å². The van der Waals surface area contributed by atoms with Crippen LogP contribution in [0.15, 0.2) is 30.3 Å². The molecule has 0 unspecified atom stereocenters. The highest BCUT2D eigenvalue weighted by molar-refractivity contribution is 6.47. The predicted octanol–water partition coefficient (Wildman–Crippen LogP) is -0.579. The van der Waals surface area contributed by atoms with Gasteiger partial charge < -0.3 is 41.2 Å². The summed E-state index contributed by atoms with van der Waals surface area (Å²) in [6.07, 6.45) is 1.20. The fourth-order valence-electron chi connectivity index (χ4n) is 4.96. The summed E-state index contributed by atoms with van der Waals surface area (Å²) in [5.41, 5.74) is 4.79. The number of phenolic OH excluding ortho intramolecular Hbond substituents is 1. The summed E-state index contributed by atoms with van der Waals surface area (Å²) in [5, 5.41) is 34.0. The average molecular weight is 601 g/mol. The number of aromatic carboxylic acids is 1. The predicted molar refractivity (Wildman–Crippen MR) is 141 cm³/mol. The molecule has 0 radical (unpaired) electrons. The third-order valence-corrected chi connectivity index (χ3v) is 7.56. The maximum Gasteiger partial charge on any atom is 0.547 e. The lowest BCUT2D eigenvalue weighted by Gasteiger charge is -2.35. The molecule has 5 rings (SSSR count). The minimum absolute atomic E-state index is 0.0423. The number of urea groups is 1. The van der Waals surface area contributed by atoms with Crippen LogP contribution in [0.2, 0.25) is 0 Å². The van der Waals surface area contributed by atoms with Crippen molar-refractivity contribution >= 4 is 36.8 Å². The van der Waals surface area contributed by atoms with Gasteiger partial charge in [-0.05, 0) is 43.0 Å². The van der Waals surface area contributed by atoms with E-state index >= 15 is 0 Å². The van der Waals surface area contributed by atoms with Crippen LogP contribution in [0.4, 0.5) is 13.6 Å². The first-order valence-electron chi connectivity index (χ1n) is 13.2. The van der Waals surface area contributed by atoms with Gasteiger partial charge in [0.05, 0.1) is 11.5 Å². The Hall–Kier alpha value is -4.77. The molecule has 1 saturated carbocycles. The van der Waals surface area contributed by atoms with Crippen molar-refractivity contribution in [2.24, 2.45) is 5.73 Å². The topological polar surface area (TPSA) is 212 Å². The van der Waals surface area contributed by atoms with Gasteiger partial charge >= 0.3 is 30.9 Å². The fourth-order valence-corrected chi connectivity index (χ4v) is 4.96. The van der Waals surface area contributed by atoms with Crippen LogP contribution < -0.4 is 21.0 Å². The lowest BCUT2D eigenvalue weighted by atomic mass is 9.72. The average Bonchev–Trinajstić information content (AvgIpc) is 3.69. The molecule has 17 heteroatoms. The van der Waals surface area contributed by atoms with Gasteiger partial charge in [-0.2, -0.15) is 4.39 Å². The summed E-state index contributed by atoms with van der Waals surface area (Å²) in [7, 11) is -1.78. The zero-order chi connectivity index (χ0) is 31.2. The number of halogens is 2. The van der Waals surface area contributed by atoms with E-state index in [1.54, 1.807) is 0 Å². The van der Waals surface area contributed by atoms with Crippen molar-refractivity contribution in [1.82, 2.24) is 20.4 Å². The van der Waals surface area contributed by atoms with Gasteiger partial charge in [-0.15, -0.1) is 0 Å². The van der Waals surface area contributed by atoms with Gasteiger partial charge in [0.1, 0.15) is 11.8 Å². The van der Waals surface area contributed by atoms with Crippen LogP contribution in [0.3, 0.4) is 0 Å². The van der Waals surface area contributed by atoms with Gasteiger partial charge in [-0.1, -0.05) is 12.1 Å². The second-order valence-corrected chi connectivity index (χ2v) is 10.7. The maximum atomic E-state index is 14.9. The van der Waals surface area contributed by atoms with Crippen molar-refractivity contribution in [3.63, 3.8) is 0 Å². The number of imide groups is 1. The van der Waals surface area contributed by atoms with Crippen LogP contribution in [-0.2, 0) is 20.8 Å². The molecule has 14 nitrogen and oxygen atoms in total. The number of carbonyl (C=O) groups excluding carboxylic acids is 4. The molecule has 43 heavy (non-hydrogen) atoms. The van der Waals surface area contributed by atoms with Crippen molar-refractivity contribution in [3.8, 4) is 11.5 Å². The number of rotatable bonds is 7. The van der Waals surface area contributed by atoms with E-state index in [9.17, 15) is 48.0 Å². The third-order valence-electron chi connectivity index (χ3n) is 7.56. The third kappa shape index (κ3) is 5.81. The van der Waals surface area contributed by atoms with Crippen molar-refractivity contribution in [2.45, 2.75) is 36.8 Å². The Labute approximate surface area is 242 Å². The molecular formula is C26H26BF2N5O9. The number of benzene rings is 2. The number of carboxylic acid groups (broad SMARTS) is 1. The van der Waals surface area contributed by atoms with Crippen LogP contribution in [0.25, 0.3) is 0 Å². The van der Waals surface area contributed by atoms with E-state index in [-0.39, 0.29) is 37.4 Å². The highest BCUT2D eigenvalue weighted by Gasteiger charge is 2.45. The second kappa shape index (κ2) is 11.1. The fraction of sp³-hybridized carbons (Fsp3) is 0.346. The van der Waals surface area contributed by atoms with Gasteiger partial charge in [-0.3, -0.25) is 19.3 Å². The summed E-state index contributed by atoms with van der Waals surface area (Å²) in [6, 6.07) is 2.47. The van der Waals surface area contributed by atoms with Gasteiger partial charge in [0, 0.05) is 30.7 Å². The molecule has 5 amide bonds. The lowest BCUT2D eigenvalue weighted by Crippen LogP contribution is -2.61. The van der Waals surface area contributed by atoms with Crippen LogP contribution in [0.1, 0.15) is 40.4 Å². The van der Waals surface area contributed by atoms with E-state index in [0.717, 1.165) is 12.1 Å². The number of nitrogens with two attached hydrogens (primary N) is 1. The number of fused-ring (bicyclic) bond motifs is 1. The van der Waals surface area contributed by atoms with E-state index in [0.29, 0.717) is 23.3 Å². The number of carboxylic acids is 1. The van der Waals surface area contributed by atoms with E-state index in [1.807, 2.05) is 0 Å². The Morgan fingerprint density at radius 3 is 2.51 bits per heavy atom. The molecular weight excluding hydrogens is 575 g/mol. The SMILES string of the molecule is NC1(CN2CCN(C(=O)N[C@@H](C(=O)N[C@H]3Cc4cccc(C(=O)O)c4OB3O)c3ccc(O)c(F)c3F)C(=O)C2=O)CC1. The van der Waals surface area contributed by atoms with Gasteiger partial charge in [0.2, 0.25) is 11.7 Å². The summed E-state index contributed by atoms with van der Waals surface area (Å²) < 4.78 is 34.6. The largest absolute Gasteiger partial charge is 0.547 e. The summed E-state index contributed by atoms with van der Waals surface area (Å²) in [4.78, 5) is 65.3. The van der Waals surface area contributed by atoms with E-state index in [1.165, 1.54) is 23.1 Å². The minimum Gasteiger partial charge on any atom is -0.534 e. The van der Waals surface area contributed by atoms with Crippen LogP contribution >= 0.6 is 0 Å². The van der Waals surface area contributed by atoms with Crippen molar-refractivity contribution in [2.75, 3.05) is 19.6 Å². The molecule has 2 aliphatic heterocycles. The number of nitrogens with zero attached hydrogens (tertiary/aromatic N) is 2. The Bertz CT molecular complexity index is 1540. The number of carbonyl (C=O) groups is 5. The minimum atomic E-state index is -2.03. The Morgan fingerprint density at radius 2 is 1.84 bits per heavy atom. The van der Waals surface area contributed by atoms with E-state index in [4.69, 9.17) is 10.4 Å². The smallest absolute Gasteiger partial charge is 0.534 e. The molecule has 0 bridgehead atoms. The molecule has 7 N–H and O–H groups in total. The Morgan fingerprint density at radius 1 is 1.12 bits per heavy atom. The van der Waals surface area contributed by atoms with Gasteiger partial charge in [0.25, 0.3) is 0 Å². The number of phenols is 1. The molecule has 1 saturated heterocycles. The molecule has 2 aromatic rings. The number of hydrogen-bond acceptors (Lipinski definition) is 9. The van der Waals surface area contributed by atoms with Gasteiger partial charge in [-0.25, -0.2) is 14.0 Å². The first-order valence-corrected chi connectivity index (χ1v) is 13.2. The molecule has 2 aromatic carbocycles. The number of aromatic hydroxyl groups is 1. The summed E-state index contributed by atoms with van der Waals surface area (Å²) in [6.45, 7) is -0.191. The first kappa shape index (κ1) is 29.7. The van der Waals surface area contributed by atoms with Crippen molar-refractivity contribution in [3.05, 3.63) is 58.7 Å². The first-order chi connectivity index (χ1) is 20.3. The zero-order valence-corrected chi connectivity index (χ0v) is 22.4. The quantitative estimate of drug-likeness (QED) is 0.176. The number of piperazine rings is 1. The number of hydrogen-bond donors (Lipinski definition) is 6. The molecule has 2 fully saturated rings. The Balaban J connectivity index is 1.37. The van der Waals surface area contributed by atoms with Gasteiger partial charge in [0.15, 0.2) is 11.6 Å².